The highest BCUT2D eigenvalue weighted by Crippen LogP contribution is 2.40. The molecule has 1 aliphatic rings. The first kappa shape index (κ1) is 21.5. The second kappa shape index (κ2) is 10.0. The molecule has 0 fully saturated rings. The van der Waals surface area contributed by atoms with E-state index in [0.29, 0.717) is 29.6 Å². The second-order valence-corrected chi connectivity index (χ2v) is 8.72. The Morgan fingerprint density at radius 1 is 1.24 bits per heavy atom. The molecule has 6 heteroatoms. The van der Waals surface area contributed by atoms with Crippen LogP contribution < -0.4 is 5.32 Å². The maximum Gasteiger partial charge on any atom is 0.341 e. The van der Waals surface area contributed by atoms with Crippen molar-refractivity contribution in [1.82, 2.24) is 4.90 Å². The summed E-state index contributed by atoms with van der Waals surface area (Å²) in [6.07, 6.45) is 2.88. The van der Waals surface area contributed by atoms with E-state index in [2.05, 4.69) is 29.3 Å². The van der Waals surface area contributed by atoms with Crippen molar-refractivity contribution in [2.75, 3.05) is 25.0 Å². The zero-order valence-corrected chi connectivity index (χ0v) is 18.3. The Balaban J connectivity index is 1.74. The van der Waals surface area contributed by atoms with Crippen molar-refractivity contribution in [3.05, 3.63) is 51.9 Å². The van der Waals surface area contributed by atoms with Gasteiger partial charge in [0.05, 0.1) is 18.7 Å². The average molecular weight is 415 g/mol. The molecular weight excluding hydrogens is 384 g/mol. The molecule has 1 aromatic heterocycles. The minimum atomic E-state index is -0.327. The number of nitrogens with zero attached hydrogens (tertiary/aromatic N) is 1. The van der Waals surface area contributed by atoms with E-state index in [0.717, 1.165) is 31.4 Å². The van der Waals surface area contributed by atoms with Crippen LogP contribution in [0.5, 0.6) is 0 Å². The average Bonchev–Trinajstić information content (AvgIpc) is 3.05. The van der Waals surface area contributed by atoms with Crippen LogP contribution in [-0.2, 0) is 28.9 Å². The van der Waals surface area contributed by atoms with Crippen LogP contribution in [0.15, 0.2) is 30.3 Å². The molecule has 1 amide bonds. The summed E-state index contributed by atoms with van der Waals surface area (Å²) in [7, 11) is 0. The number of hydrogen-bond donors (Lipinski definition) is 1. The van der Waals surface area contributed by atoms with Crippen LogP contribution in [-0.4, -0.2) is 36.5 Å². The van der Waals surface area contributed by atoms with Gasteiger partial charge in [-0.1, -0.05) is 44.2 Å². The summed E-state index contributed by atoms with van der Waals surface area (Å²) in [5.74, 6) is 0.174. The molecule has 0 saturated heterocycles. The fourth-order valence-corrected chi connectivity index (χ4v) is 5.16. The predicted octanol–water partition coefficient (Wildman–Crippen LogP) is 4.51. The third kappa shape index (κ3) is 5.46. The summed E-state index contributed by atoms with van der Waals surface area (Å²) in [5.41, 5.74) is 2.81. The molecule has 0 unspecified atom stereocenters. The molecule has 0 saturated carbocycles. The molecule has 29 heavy (non-hydrogen) atoms. The minimum Gasteiger partial charge on any atom is -0.462 e. The number of likely N-dealkylation sites (N-methyl/N-ethyl adjacent to an activating group) is 1. The van der Waals surface area contributed by atoms with Crippen molar-refractivity contribution in [3.8, 4) is 0 Å². The van der Waals surface area contributed by atoms with Crippen LogP contribution in [0, 0.1) is 5.92 Å². The third-order valence-electron chi connectivity index (χ3n) is 5.31. The summed E-state index contributed by atoms with van der Waals surface area (Å²) in [5, 5.41) is 3.65. The smallest absolute Gasteiger partial charge is 0.341 e. The third-order valence-corrected chi connectivity index (χ3v) is 6.48. The first-order valence-corrected chi connectivity index (χ1v) is 11.2. The molecule has 0 bridgehead atoms. The predicted molar refractivity (Wildman–Crippen MR) is 117 cm³/mol. The standard InChI is InChI=1S/C23H30N2O3S/c1-4-25(14-17-9-7-6-8-10-17)15-20(26)24-22-21(23(27)28-5-2)18-12-11-16(3)13-19(18)29-22/h6-10,16H,4-5,11-15H2,1-3H3,(H,24,26)/t16-/m1/s1. The summed E-state index contributed by atoms with van der Waals surface area (Å²) in [6.45, 7) is 8.18. The molecule has 1 aliphatic carbocycles. The van der Waals surface area contributed by atoms with Crippen molar-refractivity contribution < 1.29 is 14.3 Å². The van der Waals surface area contributed by atoms with Gasteiger partial charge in [-0.05, 0) is 49.8 Å². The van der Waals surface area contributed by atoms with Gasteiger partial charge in [0, 0.05) is 11.4 Å². The fraction of sp³-hybridized carbons (Fsp3) is 0.478. The number of amides is 1. The molecule has 0 aliphatic heterocycles. The van der Waals surface area contributed by atoms with Crippen LogP contribution >= 0.6 is 11.3 Å². The van der Waals surface area contributed by atoms with Crippen molar-refractivity contribution in [3.63, 3.8) is 0 Å². The largest absolute Gasteiger partial charge is 0.462 e. The number of fused-ring (bicyclic) bond motifs is 1. The normalized spacial score (nSPS) is 15.8. The number of nitrogens with one attached hydrogen (secondary N) is 1. The Hall–Kier alpha value is -2.18. The lowest BCUT2D eigenvalue weighted by Crippen LogP contribution is -2.33. The fourth-order valence-electron chi connectivity index (χ4n) is 3.75. The van der Waals surface area contributed by atoms with Crippen LogP contribution in [0.4, 0.5) is 5.00 Å². The van der Waals surface area contributed by atoms with E-state index in [9.17, 15) is 9.59 Å². The number of carbonyl (C=O) groups excluding carboxylic acids is 2. The number of rotatable bonds is 8. The Kier molecular flexibility index (Phi) is 7.45. The molecule has 1 N–H and O–H groups in total. The van der Waals surface area contributed by atoms with E-state index < -0.39 is 0 Å². The van der Waals surface area contributed by atoms with Crippen molar-refractivity contribution in [1.29, 1.82) is 0 Å². The van der Waals surface area contributed by atoms with E-state index in [-0.39, 0.29) is 18.4 Å². The molecule has 3 rings (SSSR count). The number of esters is 1. The van der Waals surface area contributed by atoms with Gasteiger partial charge in [0.15, 0.2) is 0 Å². The molecule has 1 atom stereocenters. The summed E-state index contributed by atoms with van der Waals surface area (Å²) >= 11 is 1.54. The summed E-state index contributed by atoms with van der Waals surface area (Å²) in [6, 6.07) is 10.1. The van der Waals surface area contributed by atoms with Gasteiger partial charge in [0.25, 0.3) is 0 Å². The second-order valence-electron chi connectivity index (χ2n) is 7.61. The zero-order chi connectivity index (χ0) is 20.8. The Morgan fingerprint density at radius 3 is 2.69 bits per heavy atom. The molecule has 0 spiro atoms. The molecule has 1 heterocycles. The van der Waals surface area contributed by atoms with E-state index >= 15 is 0 Å². The summed E-state index contributed by atoms with van der Waals surface area (Å²) in [4.78, 5) is 28.7. The summed E-state index contributed by atoms with van der Waals surface area (Å²) < 4.78 is 5.29. The van der Waals surface area contributed by atoms with Crippen LogP contribution in [0.25, 0.3) is 0 Å². The lowest BCUT2D eigenvalue weighted by atomic mass is 9.88. The zero-order valence-electron chi connectivity index (χ0n) is 17.5. The lowest BCUT2D eigenvalue weighted by Gasteiger charge is -2.20. The maximum atomic E-state index is 12.8. The van der Waals surface area contributed by atoms with E-state index in [1.54, 1.807) is 6.92 Å². The first-order valence-electron chi connectivity index (χ1n) is 10.4. The topological polar surface area (TPSA) is 58.6 Å². The van der Waals surface area contributed by atoms with Gasteiger partial charge >= 0.3 is 5.97 Å². The van der Waals surface area contributed by atoms with Gasteiger partial charge in [-0.2, -0.15) is 0 Å². The lowest BCUT2D eigenvalue weighted by molar-refractivity contribution is -0.117. The Morgan fingerprint density at radius 2 is 2.00 bits per heavy atom. The monoisotopic (exact) mass is 414 g/mol. The van der Waals surface area contributed by atoms with Gasteiger partial charge in [0.1, 0.15) is 5.00 Å². The van der Waals surface area contributed by atoms with Gasteiger partial charge < -0.3 is 10.1 Å². The highest BCUT2D eigenvalue weighted by Gasteiger charge is 2.29. The molecule has 0 radical (unpaired) electrons. The number of ether oxygens (including phenoxy) is 1. The minimum absolute atomic E-state index is 0.0972. The molecule has 5 nitrogen and oxygen atoms in total. The Bertz CT molecular complexity index is 847. The number of carbonyl (C=O) groups is 2. The van der Waals surface area contributed by atoms with Crippen LogP contribution in [0.1, 0.15) is 53.6 Å². The quantitative estimate of drug-likeness (QED) is 0.646. The van der Waals surface area contributed by atoms with Gasteiger partial charge in [0.2, 0.25) is 5.91 Å². The maximum absolute atomic E-state index is 12.8. The van der Waals surface area contributed by atoms with Gasteiger partial charge in [-0.15, -0.1) is 11.3 Å². The molecule has 2 aromatic rings. The number of thiophene rings is 1. The van der Waals surface area contributed by atoms with E-state index in [1.807, 2.05) is 25.1 Å². The number of hydrogen-bond acceptors (Lipinski definition) is 5. The molecule has 1 aromatic carbocycles. The number of anilines is 1. The highest BCUT2D eigenvalue weighted by atomic mass is 32.1. The van der Waals surface area contributed by atoms with Gasteiger partial charge in [-0.25, -0.2) is 4.79 Å². The number of benzene rings is 1. The van der Waals surface area contributed by atoms with Crippen LogP contribution in [0.3, 0.4) is 0 Å². The SMILES string of the molecule is CCOC(=O)c1c(NC(=O)CN(CC)Cc2ccccc2)sc2c1CC[C@@H](C)C2. The van der Waals surface area contributed by atoms with Gasteiger partial charge in [-0.3, -0.25) is 9.69 Å². The molecular formula is C23H30N2O3S. The van der Waals surface area contributed by atoms with Crippen LogP contribution in [0.2, 0.25) is 0 Å². The van der Waals surface area contributed by atoms with Crippen molar-refractivity contribution in [2.45, 2.75) is 46.6 Å². The highest BCUT2D eigenvalue weighted by molar-refractivity contribution is 7.17. The van der Waals surface area contributed by atoms with Crippen molar-refractivity contribution in [2.24, 2.45) is 5.92 Å². The molecule has 156 valence electrons. The Labute approximate surface area is 177 Å². The van der Waals surface area contributed by atoms with Crippen molar-refractivity contribution >= 4 is 28.2 Å². The van der Waals surface area contributed by atoms with E-state index in [4.69, 9.17) is 4.74 Å². The van der Waals surface area contributed by atoms with E-state index in [1.165, 1.54) is 21.8 Å². The first-order chi connectivity index (χ1) is 14.0.